The van der Waals surface area contributed by atoms with Gasteiger partial charge in [0, 0.05) is 17.2 Å². The molecule has 0 amide bonds. The summed E-state index contributed by atoms with van der Waals surface area (Å²) < 4.78 is 0. The second-order valence-electron chi connectivity index (χ2n) is 4.22. The molecule has 1 N–H and O–H groups in total. The summed E-state index contributed by atoms with van der Waals surface area (Å²) in [5.74, 6) is 0. The summed E-state index contributed by atoms with van der Waals surface area (Å²) in [5, 5.41) is 20.6. The van der Waals surface area contributed by atoms with Gasteiger partial charge in [-0.05, 0) is 13.3 Å². The highest BCUT2D eigenvalue weighted by atomic mass is 15.0. The third-order valence-corrected chi connectivity index (χ3v) is 2.86. The van der Waals surface area contributed by atoms with Crippen molar-refractivity contribution in [1.29, 1.82) is 10.5 Å². The molecule has 0 saturated carbocycles. The zero-order chi connectivity index (χ0) is 10.1. The SMILES string of the molecule is CC1(C)C/C(=C\C#N)NC1(C)C#N. The Kier molecular flexibility index (Phi) is 2.05. The van der Waals surface area contributed by atoms with Crippen molar-refractivity contribution >= 4 is 0 Å². The Hall–Kier alpha value is -1.48. The lowest BCUT2D eigenvalue weighted by Gasteiger charge is -2.30. The minimum atomic E-state index is -0.560. The molecule has 0 spiro atoms. The van der Waals surface area contributed by atoms with E-state index in [9.17, 15) is 0 Å². The molecule has 3 heteroatoms. The molecular weight excluding hydrogens is 162 g/mol. The van der Waals surface area contributed by atoms with Gasteiger partial charge in [0.05, 0.1) is 12.1 Å². The Morgan fingerprint density at radius 1 is 1.38 bits per heavy atom. The molecule has 1 fully saturated rings. The molecule has 1 heterocycles. The molecule has 1 aliphatic rings. The van der Waals surface area contributed by atoms with E-state index in [2.05, 4.69) is 11.4 Å². The van der Waals surface area contributed by atoms with E-state index in [0.717, 1.165) is 12.1 Å². The van der Waals surface area contributed by atoms with Gasteiger partial charge in [-0.2, -0.15) is 10.5 Å². The lowest BCUT2D eigenvalue weighted by molar-refractivity contribution is 0.264. The number of hydrogen-bond acceptors (Lipinski definition) is 3. The van der Waals surface area contributed by atoms with Crippen molar-refractivity contribution in [2.75, 3.05) is 0 Å². The molecule has 3 nitrogen and oxygen atoms in total. The fraction of sp³-hybridized carbons (Fsp3) is 0.600. The summed E-state index contributed by atoms with van der Waals surface area (Å²) in [4.78, 5) is 0. The van der Waals surface area contributed by atoms with Crippen LogP contribution in [0.1, 0.15) is 27.2 Å². The number of rotatable bonds is 0. The van der Waals surface area contributed by atoms with E-state index in [1.165, 1.54) is 6.08 Å². The van der Waals surface area contributed by atoms with Gasteiger partial charge in [-0.15, -0.1) is 0 Å². The lowest BCUT2D eigenvalue weighted by Crippen LogP contribution is -2.44. The van der Waals surface area contributed by atoms with Crippen molar-refractivity contribution in [2.24, 2.45) is 5.41 Å². The van der Waals surface area contributed by atoms with Gasteiger partial charge in [-0.1, -0.05) is 13.8 Å². The summed E-state index contributed by atoms with van der Waals surface area (Å²) in [6.07, 6.45) is 2.23. The number of allylic oxidation sites excluding steroid dienone is 2. The molecule has 0 radical (unpaired) electrons. The summed E-state index contributed by atoms with van der Waals surface area (Å²) in [6.45, 7) is 5.92. The minimum Gasteiger partial charge on any atom is -0.370 e. The topological polar surface area (TPSA) is 59.6 Å². The normalized spacial score (nSPS) is 33.5. The molecule has 13 heavy (non-hydrogen) atoms. The maximum absolute atomic E-state index is 9.02. The first-order valence-electron chi connectivity index (χ1n) is 4.23. The average molecular weight is 175 g/mol. The summed E-state index contributed by atoms with van der Waals surface area (Å²) in [5.41, 5.74) is 0.177. The first-order valence-corrected chi connectivity index (χ1v) is 4.23. The van der Waals surface area contributed by atoms with Gasteiger partial charge in [0.15, 0.2) is 0 Å². The van der Waals surface area contributed by atoms with Crippen LogP contribution in [0.5, 0.6) is 0 Å². The maximum Gasteiger partial charge on any atom is 0.127 e. The fourth-order valence-corrected chi connectivity index (χ4v) is 1.53. The molecule has 0 bridgehead atoms. The standard InChI is InChI=1S/C10H13N3/c1-9(2)6-8(4-5-11)13-10(9,3)7-12/h4,13H,6H2,1-3H3/b8-4+. The second kappa shape index (κ2) is 2.78. The first kappa shape index (κ1) is 9.61. The van der Waals surface area contributed by atoms with Crippen molar-refractivity contribution < 1.29 is 0 Å². The predicted octanol–water partition coefficient (Wildman–Crippen LogP) is 1.70. The van der Waals surface area contributed by atoms with Crippen molar-refractivity contribution in [3.63, 3.8) is 0 Å². The minimum absolute atomic E-state index is 0.121. The monoisotopic (exact) mass is 175 g/mol. The maximum atomic E-state index is 9.02. The van der Waals surface area contributed by atoms with Crippen LogP contribution in [-0.4, -0.2) is 5.54 Å². The van der Waals surface area contributed by atoms with E-state index >= 15 is 0 Å². The Morgan fingerprint density at radius 2 is 2.00 bits per heavy atom. The van der Waals surface area contributed by atoms with E-state index in [1.54, 1.807) is 0 Å². The molecule has 1 aliphatic heterocycles. The van der Waals surface area contributed by atoms with Gasteiger partial charge in [-0.25, -0.2) is 0 Å². The molecule has 0 aromatic carbocycles. The van der Waals surface area contributed by atoms with Crippen molar-refractivity contribution in [3.05, 3.63) is 11.8 Å². The summed E-state index contributed by atoms with van der Waals surface area (Å²) in [7, 11) is 0. The van der Waals surface area contributed by atoms with E-state index < -0.39 is 5.54 Å². The van der Waals surface area contributed by atoms with Crippen LogP contribution in [0, 0.1) is 28.1 Å². The first-order chi connectivity index (χ1) is 5.95. The highest BCUT2D eigenvalue weighted by Gasteiger charge is 2.47. The van der Waals surface area contributed by atoms with Crippen molar-refractivity contribution in [3.8, 4) is 12.1 Å². The molecule has 1 rings (SSSR count). The van der Waals surface area contributed by atoms with Crippen LogP contribution in [0.25, 0.3) is 0 Å². The van der Waals surface area contributed by atoms with Gasteiger partial charge >= 0.3 is 0 Å². The van der Waals surface area contributed by atoms with Crippen LogP contribution in [0.15, 0.2) is 11.8 Å². The van der Waals surface area contributed by atoms with Crippen LogP contribution in [-0.2, 0) is 0 Å². The molecule has 1 saturated heterocycles. The molecule has 0 aromatic rings. The Bertz CT molecular complexity index is 327. The highest BCUT2D eigenvalue weighted by Crippen LogP contribution is 2.42. The largest absolute Gasteiger partial charge is 0.370 e. The second-order valence-corrected chi connectivity index (χ2v) is 4.22. The van der Waals surface area contributed by atoms with Gasteiger partial charge in [0.25, 0.3) is 0 Å². The number of nitrogens with one attached hydrogen (secondary N) is 1. The zero-order valence-electron chi connectivity index (χ0n) is 8.18. The molecule has 68 valence electrons. The average Bonchev–Trinajstić information content (AvgIpc) is 2.24. The highest BCUT2D eigenvalue weighted by molar-refractivity contribution is 5.29. The van der Waals surface area contributed by atoms with Gasteiger partial charge in [-0.3, -0.25) is 0 Å². The number of hydrogen-bond donors (Lipinski definition) is 1. The van der Waals surface area contributed by atoms with Gasteiger partial charge in [0.1, 0.15) is 5.54 Å². The van der Waals surface area contributed by atoms with Crippen LogP contribution in [0.3, 0.4) is 0 Å². The van der Waals surface area contributed by atoms with Crippen LogP contribution in [0.2, 0.25) is 0 Å². The van der Waals surface area contributed by atoms with Gasteiger partial charge < -0.3 is 5.32 Å². The Morgan fingerprint density at radius 3 is 2.38 bits per heavy atom. The smallest absolute Gasteiger partial charge is 0.127 e. The zero-order valence-corrected chi connectivity index (χ0v) is 8.18. The van der Waals surface area contributed by atoms with E-state index in [1.807, 2.05) is 26.8 Å². The van der Waals surface area contributed by atoms with Crippen LogP contribution >= 0.6 is 0 Å². The Labute approximate surface area is 78.7 Å². The third kappa shape index (κ3) is 1.38. The van der Waals surface area contributed by atoms with Crippen LogP contribution < -0.4 is 5.32 Å². The third-order valence-electron chi connectivity index (χ3n) is 2.86. The van der Waals surface area contributed by atoms with Crippen molar-refractivity contribution in [2.45, 2.75) is 32.7 Å². The molecule has 0 aliphatic carbocycles. The summed E-state index contributed by atoms with van der Waals surface area (Å²) in [6, 6.07) is 4.23. The lowest BCUT2D eigenvalue weighted by atomic mass is 9.75. The van der Waals surface area contributed by atoms with E-state index in [-0.39, 0.29) is 5.41 Å². The fourth-order valence-electron chi connectivity index (χ4n) is 1.53. The summed E-state index contributed by atoms with van der Waals surface area (Å²) >= 11 is 0. The van der Waals surface area contributed by atoms with Gasteiger partial charge in [0.2, 0.25) is 0 Å². The molecule has 1 atom stereocenters. The molecular formula is C10H13N3. The number of nitrogens with zero attached hydrogens (tertiary/aromatic N) is 2. The Balaban J connectivity index is 3.03. The quantitative estimate of drug-likeness (QED) is 0.570. The van der Waals surface area contributed by atoms with E-state index in [0.29, 0.717) is 0 Å². The number of nitriles is 2. The predicted molar refractivity (Wildman–Crippen MR) is 49.2 cm³/mol. The molecule has 0 aromatic heterocycles. The van der Waals surface area contributed by atoms with Crippen molar-refractivity contribution in [1.82, 2.24) is 5.32 Å². The van der Waals surface area contributed by atoms with E-state index in [4.69, 9.17) is 10.5 Å². The molecule has 1 unspecified atom stereocenters. The van der Waals surface area contributed by atoms with Crippen LogP contribution in [0.4, 0.5) is 0 Å².